The van der Waals surface area contributed by atoms with E-state index in [9.17, 15) is 13.2 Å². The number of aryl methyl sites for hydroxylation is 2. The van der Waals surface area contributed by atoms with Crippen molar-refractivity contribution in [2.45, 2.75) is 31.2 Å². The highest BCUT2D eigenvalue weighted by atomic mass is 32.2. The summed E-state index contributed by atoms with van der Waals surface area (Å²) in [5.74, 6) is -0.315. The largest absolute Gasteiger partial charge is 0.298 e. The molecule has 0 atom stereocenters. The first-order chi connectivity index (χ1) is 17.0. The molecular formula is C27H25N3O3S2. The smallest absolute Gasteiger partial charge is 0.257 e. The molecular weight excluding hydrogens is 478 g/mol. The van der Waals surface area contributed by atoms with Gasteiger partial charge in [0.25, 0.3) is 5.91 Å². The van der Waals surface area contributed by atoms with Crippen LogP contribution in [-0.2, 0) is 29.4 Å². The van der Waals surface area contributed by atoms with Crippen LogP contribution in [0.1, 0.15) is 33.3 Å². The first kappa shape index (κ1) is 23.4. The molecule has 0 saturated heterocycles. The lowest BCUT2D eigenvalue weighted by Gasteiger charge is -2.20. The van der Waals surface area contributed by atoms with Crippen molar-refractivity contribution in [3.8, 4) is 11.3 Å². The second-order valence-corrected chi connectivity index (χ2v) is 11.4. The van der Waals surface area contributed by atoms with Gasteiger partial charge in [0.1, 0.15) is 0 Å². The second-order valence-electron chi connectivity index (χ2n) is 8.34. The molecule has 0 bridgehead atoms. The molecule has 1 heterocycles. The summed E-state index contributed by atoms with van der Waals surface area (Å²) in [4.78, 5) is 18.9. The molecule has 0 aliphatic heterocycles. The Bertz CT molecular complexity index is 1460. The van der Waals surface area contributed by atoms with E-state index in [1.54, 1.807) is 12.1 Å². The van der Waals surface area contributed by atoms with Crippen molar-refractivity contribution in [1.29, 1.82) is 0 Å². The Hall–Kier alpha value is -3.33. The second kappa shape index (κ2) is 9.73. The van der Waals surface area contributed by atoms with Gasteiger partial charge in [0.2, 0.25) is 10.0 Å². The maximum Gasteiger partial charge on any atom is 0.257 e. The molecule has 1 aromatic heterocycles. The highest BCUT2D eigenvalue weighted by Crippen LogP contribution is 2.38. The third kappa shape index (κ3) is 4.77. The summed E-state index contributed by atoms with van der Waals surface area (Å²) in [7, 11) is -3.69. The molecule has 0 spiro atoms. The van der Waals surface area contributed by atoms with Gasteiger partial charge in [0.05, 0.1) is 10.6 Å². The summed E-state index contributed by atoms with van der Waals surface area (Å²) in [5.41, 5.74) is 4.63. The van der Waals surface area contributed by atoms with Crippen molar-refractivity contribution in [2.24, 2.45) is 0 Å². The number of fused-ring (bicyclic) bond motifs is 3. The molecule has 3 aromatic carbocycles. The molecule has 1 aliphatic carbocycles. The Morgan fingerprint density at radius 1 is 0.971 bits per heavy atom. The maximum atomic E-state index is 13.2. The lowest BCUT2D eigenvalue weighted by Crippen LogP contribution is -2.30. The van der Waals surface area contributed by atoms with Gasteiger partial charge in [-0.1, -0.05) is 61.5 Å². The number of hydrogen-bond acceptors (Lipinski definition) is 5. The highest BCUT2D eigenvalue weighted by Gasteiger charge is 2.24. The number of amides is 1. The van der Waals surface area contributed by atoms with Crippen LogP contribution in [0.2, 0.25) is 0 Å². The van der Waals surface area contributed by atoms with Gasteiger partial charge in [0.15, 0.2) is 5.13 Å². The molecule has 178 valence electrons. The van der Waals surface area contributed by atoms with E-state index in [1.165, 1.54) is 38.2 Å². The quantitative estimate of drug-likeness (QED) is 0.368. The van der Waals surface area contributed by atoms with E-state index in [4.69, 9.17) is 0 Å². The predicted molar refractivity (Wildman–Crippen MR) is 139 cm³/mol. The van der Waals surface area contributed by atoms with Crippen molar-refractivity contribution < 1.29 is 13.2 Å². The number of carbonyl (C=O) groups is 1. The van der Waals surface area contributed by atoms with Crippen molar-refractivity contribution in [3.05, 3.63) is 100 Å². The number of hydrogen-bond donors (Lipinski definition) is 1. The fourth-order valence-corrected chi connectivity index (χ4v) is 6.66. The molecule has 1 amide bonds. The number of thiazole rings is 1. The fourth-order valence-electron chi connectivity index (χ4n) is 4.25. The molecule has 0 saturated carbocycles. The van der Waals surface area contributed by atoms with Crippen molar-refractivity contribution in [1.82, 2.24) is 9.29 Å². The van der Waals surface area contributed by atoms with Crippen LogP contribution in [-0.4, -0.2) is 30.2 Å². The first-order valence-electron chi connectivity index (χ1n) is 11.5. The molecule has 4 aromatic rings. The number of nitrogens with zero attached hydrogens (tertiary/aromatic N) is 2. The average Bonchev–Trinajstić information content (AvgIpc) is 3.31. The molecule has 8 heteroatoms. The van der Waals surface area contributed by atoms with Crippen LogP contribution >= 0.6 is 11.3 Å². The van der Waals surface area contributed by atoms with Crippen LogP contribution in [0.15, 0.2) is 83.8 Å². The maximum absolute atomic E-state index is 13.2. The summed E-state index contributed by atoms with van der Waals surface area (Å²) in [6.45, 7) is 2.45. The Labute approximate surface area is 209 Å². The molecule has 0 radical (unpaired) electrons. The Morgan fingerprint density at radius 2 is 1.69 bits per heavy atom. The van der Waals surface area contributed by atoms with E-state index in [1.807, 2.05) is 49.4 Å². The minimum absolute atomic E-state index is 0.160. The van der Waals surface area contributed by atoms with Crippen LogP contribution in [0.3, 0.4) is 0 Å². The monoisotopic (exact) mass is 503 g/mol. The van der Waals surface area contributed by atoms with E-state index >= 15 is 0 Å². The lowest BCUT2D eigenvalue weighted by atomic mass is 9.94. The average molecular weight is 504 g/mol. The third-order valence-electron chi connectivity index (χ3n) is 6.12. The van der Waals surface area contributed by atoms with E-state index < -0.39 is 10.0 Å². The van der Waals surface area contributed by atoms with Gasteiger partial charge in [-0.05, 0) is 48.2 Å². The Balaban J connectivity index is 1.31. The van der Waals surface area contributed by atoms with Gasteiger partial charge in [-0.25, -0.2) is 13.4 Å². The third-order valence-corrected chi connectivity index (χ3v) is 9.09. The van der Waals surface area contributed by atoms with Crippen LogP contribution in [0.5, 0.6) is 0 Å². The topological polar surface area (TPSA) is 79.4 Å². The normalized spacial score (nSPS) is 12.7. The molecule has 6 nitrogen and oxygen atoms in total. The zero-order valence-electron chi connectivity index (χ0n) is 19.3. The molecule has 1 aliphatic rings. The Kier molecular flexibility index (Phi) is 6.51. The Morgan fingerprint density at radius 3 is 2.43 bits per heavy atom. The molecule has 35 heavy (non-hydrogen) atoms. The molecule has 0 fully saturated rings. The number of sulfonamides is 1. The summed E-state index contributed by atoms with van der Waals surface area (Å²) >= 11 is 1.49. The number of benzene rings is 3. The van der Waals surface area contributed by atoms with Crippen LogP contribution in [0, 0.1) is 0 Å². The number of nitrogens with one attached hydrogen (secondary N) is 1. The number of carbonyl (C=O) groups excluding carboxylic acids is 1. The van der Waals surface area contributed by atoms with Crippen molar-refractivity contribution >= 4 is 32.4 Å². The highest BCUT2D eigenvalue weighted by molar-refractivity contribution is 7.89. The zero-order valence-corrected chi connectivity index (χ0v) is 20.9. The molecule has 5 rings (SSSR count). The summed E-state index contributed by atoms with van der Waals surface area (Å²) < 4.78 is 27.8. The first-order valence-corrected chi connectivity index (χ1v) is 13.7. The minimum Gasteiger partial charge on any atom is -0.298 e. The van der Waals surface area contributed by atoms with Gasteiger partial charge in [-0.15, -0.1) is 11.3 Å². The van der Waals surface area contributed by atoms with Gasteiger partial charge in [-0.3, -0.25) is 10.1 Å². The SMILES string of the molecule is CCN(Cc1ccccc1)S(=O)(=O)c1ccc(C(=O)Nc2nc3c(s2)CCc2ccccc2-3)cc1. The van der Waals surface area contributed by atoms with Gasteiger partial charge < -0.3 is 0 Å². The van der Waals surface area contributed by atoms with E-state index in [-0.39, 0.29) is 10.8 Å². The summed E-state index contributed by atoms with van der Waals surface area (Å²) in [6, 6.07) is 23.8. The van der Waals surface area contributed by atoms with Crippen LogP contribution in [0.25, 0.3) is 11.3 Å². The van der Waals surface area contributed by atoms with Gasteiger partial charge in [-0.2, -0.15) is 4.31 Å². The fraction of sp³-hybridized carbons (Fsp3) is 0.185. The van der Waals surface area contributed by atoms with E-state index in [0.717, 1.165) is 29.7 Å². The van der Waals surface area contributed by atoms with Crippen molar-refractivity contribution in [3.63, 3.8) is 0 Å². The minimum atomic E-state index is -3.69. The van der Waals surface area contributed by atoms with Gasteiger partial charge >= 0.3 is 0 Å². The summed E-state index contributed by atoms with van der Waals surface area (Å²) in [6.07, 6.45) is 1.87. The van der Waals surface area contributed by atoms with Crippen LogP contribution in [0.4, 0.5) is 5.13 Å². The predicted octanol–water partition coefficient (Wildman–Crippen LogP) is 5.37. The van der Waals surface area contributed by atoms with Crippen molar-refractivity contribution in [2.75, 3.05) is 11.9 Å². The summed E-state index contributed by atoms with van der Waals surface area (Å²) in [5, 5.41) is 3.43. The molecule has 0 unspecified atom stereocenters. The van der Waals surface area contributed by atoms with E-state index in [2.05, 4.69) is 22.4 Å². The van der Waals surface area contributed by atoms with Crippen LogP contribution < -0.4 is 5.32 Å². The number of anilines is 1. The van der Waals surface area contributed by atoms with Gasteiger partial charge in [0, 0.05) is 29.1 Å². The zero-order chi connectivity index (χ0) is 24.4. The molecule has 1 N–H and O–H groups in total. The lowest BCUT2D eigenvalue weighted by molar-refractivity contribution is 0.102. The number of rotatable bonds is 7. The number of aromatic nitrogens is 1. The standard InChI is InChI=1S/C27H25N3O3S2/c1-2-30(18-19-8-4-3-5-9-19)35(32,33)22-15-12-21(13-16-22)26(31)29-27-28-25-23-11-7-6-10-20(23)14-17-24(25)34-27/h3-13,15-16H,2,14,17-18H2,1H3,(H,28,29,31). The van der Waals surface area contributed by atoms with E-state index in [0.29, 0.717) is 23.8 Å².